The second-order valence-electron chi connectivity index (χ2n) is 4.78. The van der Waals surface area contributed by atoms with Gasteiger partial charge in [-0.05, 0) is 55.9 Å². The molecule has 0 spiro atoms. The van der Waals surface area contributed by atoms with Gasteiger partial charge < -0.3 is 10.5 Å². The number of benzene rings is 1. The van der Waals surface area contributed by atoms with Crippen molar-refractivity contribution in [2.45, 2.75) is 38.1 Å². The summed E-state index contributed by atoms with van der Waals surface area (Å²) in [6, 6.07) is 3.32. The van der Waals surface area contributed by atoms with Crippen molar-refractivity contribution in [2.24, 2.45) is 5.73 Å². The molecule has 1 aromatic rings. The first-order valence-electron chi connectivity index (χ1n) is 5.66. The molecule has 2 rings (SSSR count). The fourth-order valence-corrected chi connectivity index (χ4v) is 1.91. The normalized spacial score (nSPS) is 17.2. The minimum Gasteiger partial charge on any atom is -0.494 e. The van der Waals surface area contributed by atoms with Gasteiger partial charge in [0.2, 0.25) is 0 Å². The Kier molecular flexibility index (Phi) is 2.89. The average Bonchev–Trinajstić information content (AvgIpc) is 2.96. The van der Waals surface area contributed by atoms with E-state index in [1.54, 1.807) is 6.07 Å². The van der Waals surface area contributed by atoms with Crippen molar-refractivity contribution in [3.05, 3.63) is 29.1 Å². The van der Waals surface area contributed by atoms with Crippen LogP contribution < -0.4 is 10.5 Å². The van der Waals surface area contributed by atoms with Gasteiger partial charge in [0.25, 0.3) is 0 Å². The van der Waals surface area contributed by atoms with Crippen LogP contribution in [0.1, 0.15) is 30.4 Å². The van der Waals surface area contributed by atoms with E-state index < -0.39 is 0 Å². The highest BCUT2D eigenvalue weighted by Gasteiger charge is 2.37. The second-order valence-corrected chi connectivity index (χ2v) is 4.78. The average molecular weight is 223 g/mol. The molecular formula is C13H18FNO. The lowest BCUT2D eigenvalue weighted by Crippen LogP contribution is -2.22. The predicted octanol–water partition coefficient (Wildman–Crippen LogP) is 2.57. The summed E-state index contributed by atoms with van der Waals surface area (Å²) in [7, 11) is 1.49. The molecule has 0 radical (unpaired) electrons. The van der Waals surface area contributed by atoms with Crippen LogP contribution in [0.2, 0.25) is 0 Å². The van der Waals surface area contributed by atoms with Gasteiger partial charge in [0, 0.05) is 5.54 Å². The van der Waals surface area contributed by atoms with Crippen molar-refractivity contribution < 1.29 is 9.13 Å². The van der Waals surface area contributed by atoms with Gasteiger partial charge in [-0.1, -0.05) is 0 Å². The van der Waals surface area contributed by atoms with Gasteiger partial charge in [0.05, 0.1) is 7.11 Å². The van der Waals surface area contributed by atoms with Gasteiger partial charge in [0.1, 0.15) is 0 Å². The van der Waals surface area contributed by atoms with Gasteiger partial charge in [0.15, 0.2) is 11.6 Å². The molecule has 0 aromatic heterocycles. The van der Waals surface area contributed by atoms with E-state index in [4.69, 9.17) is 10.5 Å². The van der Waals surface area contributed by atoms with E-state index >= 15 is 0 Å². The summed E-state index contributed by atoms with van der Waals surface area (Å²) >= 11 is 0. The third-order valence-corrected chi connectivity index (χ3v) is 3.39. The van der Waals surface area contributed by atoms with Crippen LogP contribution in [0.15, 0.2) is 12.1 Å². The summed E-state index contributed by atoms with van der Waals surface area (Å²) in [5.41, 5.74) is 8.20. The molecule has 1 fully saturated rings. The highest BCUT2D eigenvalue weighted by Crippen LogP contribution is 2.37. The zero-order chi connectivity index (χ0) is 11.8. The van der Waals surface area contributed by atoms with E-state index in [0.29, 0.717) is 5.75 Å². The zero-order valence-electron chi connectivity index (χ0n) is 9.85. The van der Waals surface area contributed by atoms with E-state index in [0.717, 1.165) is 36.8 Å². The molecular weight excluding hydrogens is 205 g/mol. The maximum absolute atomic E-state index is 13.4. The van der Waals surface area contributed by atoms with Crippen molar-refractivity contribution in [1.82, 2.24) is 0 Å². The lowest BCUT2D eigenvalue weighted by atomic mass is 10.00. The number of methoxy groups -OCH3 is 1. The standard InChI is InChI=1S/C13H18FNO/c1-9-7-11(14)12(16-2)8-10(9)3-4-13(15)5-6-13/h7-8H,3-6,15H2,1-2H3. The molecule has 0 amide bonds. The van der Waals surface area contributed by atoms with Gasteiger partial charge >= 0.3 is 0 Å². The summed E-state index contributed by atoms with van der Waals surface area (Å²) in [5, 5.41) is 0. The summed E-state index contributed by atoms with van der Waals surface area (Å²) in [6.45, 7) is 1.92. The van der Waals surface area contributed by atoms with Crippen molar-refractivity contribution >= 4 is 0 Å². The molecule has 0 heterocycles. The Hall–Kier alpha value is -1.09. The Morgan fingerprint density at radius 2 is 2.12 bits per heavy atom. The Bertz CT molecular complexity index is 399. The summed E-state index contributed by atoms with van der Waals surface area (Å²) in [5.74, 6) is 0.0279. The van der Waals surface area contributed by atoms with Crippen molar-refractivity contribution in [2.75, 3.05) is 7.11 Å². The summed E-state index contributed by atoms with van der Waals surface area (Å²) in [4.78, 5) is 0. The maximum atomic E-state index is 13.4. The van der Waals surface area contributed by atoms with Crippen LogP contribution in [0.25, 0.3) is 0 Å². The van der Waals surface area contributed by atoms with Crippen LogP contribution in [0.4, 0.5) is 4.39 Å². The molecule has 0 aliphatic heterocycles. The molecule has 0 atom stereocenters. The molecule has 1 aliphatic carbocycles. The van der Waals surface area contributed by atoms with Crippen LogP contribution in [0, 0.1) is 12.7 Å². The molecule has 2 nitrogen and oxygen atoms in total. The fourth-order valence-electron chi connectivity index (χ4n) is 1.91. The van der Waals surface area contributed by atoms with Crippen LogP contribution >= 0.6 is 0 Å². The minimum atomic E-state index is -0.294. The third kappa shape index (κ3) is 2.35. The molecule has 1 aromatic carbocycles. The third-order valence-electron chi connectivity index (χ3n) is 3.39. The number of aryl methyl sites for hydroxylation is 2. The van der Waals surface area contributed by atoms with Crippen molar-refractivity contribution in [1.29, 1.82) is 0 Å². The topological polar surface area (TPSA) is 35.2 Å². The summed E-state index contributed by atoms with van der Waals surface area (Å²) < 4.78 is 18.3. The van der Waals surface area contributed by atoms with Gasteiger partial charge in [-0.25, -0.2) is 4.39 Å². The number of rotatable bonds is 4. The number of hydrogen-bond donors (Lipinski definition) is 1. The maximum Gasteiger partial charge on any atom is 0.165 e. The number of hydrogen-bond acceptors (Lipinski definition) is 2. The van der Waals surface area contributed by atoms with Crippen LogP contribution in [0.3, 0.4) is 0 Å². The van der Waals surface area contributed by atoms with E-state index in [9.17, 15) is 4.39 Å². The molecule has 3 heteroatoms. The summed E-state index contributed by atoms with van der Waals surface area (Å²) in [6.07, 6.45) is 4.11. The Balaban J connectivity index is 2.13. The largest absolute Gasteiger partial charge is 0.494 e. The lowest BCUT2D eigenvalue weighted by Gasteiger charge is -2.12. The Labute approximate surface area is 95.6 Å². The second kappa shape index (κ2) is 4.06. The smallest absolute Gasteiger partial charge is 0.165 e. The minimum absolute atomic E-state index is 0.0497. The highest BCUT2D eigenvalue weighted by atomic mass is 19.1. The van der Waals surface area contributed by atoms with Crippen LogP contribution in [-0.2, 0) is 6.42 Å². The molecule has 2 N–H and O–H groups in total. The van der Waals surface area contributed by atoms with Crippen LogP contribution in [0.5, 0.6) is 5.75 Å². The highest BCUT2D eigenvalue weighted by molar-refractivity contribution is 5.36. The first-order chi connectivity index (χ1) is 7.54. The number of halogens is 1. The molecule has 88 valence electrons. The zero-order valence-corrected chi connectivity index (χ0v) is 9.85. The molecule has 16 heavy (non-hydrogen) atoms. The lowest BCUT2D eigenvalue weighted by molar-refractivity contribution is 0.385. The predicted molar refractivity (Wildman–Crippen MR) is 62.2 cm³/mol. The Morgan fingerprint density at radius 1 is 1.44 bits per heavy atom. The molecule has 1 aliphatic rings. The van der Waals surface area contributed by atoms with E-state index in [1.807, 2.05) is 6.92 Å². The van der Waals surface area contributed by atoms with Gasteiger partial charge in [-0.2, -0.15) is 0 Å². The first-order valence-corrected chi connectivity index (χ1v) is 5.66. The quantitative estimate of drug-likeness (QED) is 0.851. The van der Waals surface area contributed by atoms with Crippen molar-refractivity contribution in [3.8, 4) is 5.75 Å². The molecule has 1 saturated carbocycles. The molecule has 0 unspecified atom stereocenters. The van der Waals surface area contributed by atoms with Gasteiger partial charge in [-0.3, -0.25) is 0 Å². The molecule has 0 bridgehead atoms. The first kappa shape index (κ1) is 11.4. The van der Waals surface area contributed by atoms with E-state index in [2.05, 4.69) is 0 Å². The van der Waals surface area contributed by atoms with E-state index in [-0.39, 0.29) is 11.4 Å². The monoisotopic (exact) mass is 223 g/mol. The number of nitrogens with two attached hydrogens (primary N) is 1. The number of ether oxygens (including phenoxy) is 1. The molecule has 0 saturated heterocycles. The van der Waals surface area contributed by atoms with E-state index in [1.165, 1.54) is 13.2 Å². The van der Waals surface area contributed by atoms with Gasteiger partial charge in [-0.15, -0.1) is 0 Å². The van der Waals surface area contributed by atoms with Crippen LogP contribution in [-0.4, -0.2) is 12.6 Å². The Morgan fingerprint density at radius 3 is 2.69 bits per heavy atom. The SMILES string of the molecule is COc1cc(CCC2(N)CC2)c(C)cc1F. The fraction of sp³-hybridized carbons (Fsp3) is 0.538. The van der Waals surface area contributed by atoms with Crippen molar-refractivity contribution in [3.63, 3.8) is 0 Å².